The van der Waals surface area contributed by atoms with Gasteiger partial charge in [-0.1, -0.05) is 18.2 Å². The maximum absolute atomic E-state index is 5.42. The summed E-state index contributed by atoms with van der Waals surface area (Å²) in [6.07, 6.45) is 4.43. The van der Waals surface area contributed by atoms with Crippen molar-refractivity contribution in [2.24, 2.45) is 0 Å². The van der Waals surface area contributed by atoms with Gasteiger partial charge in [-0.2, -0.15) is 4.58 Å². The smallest absolute Gasteiger partial charge is 0.213 e. The van der Waals surface area contributed by atoms with Gasteiger partial charge in [0.1, 0.15) is 12.8 Å². The molecule has 0 aliphatic carbocycles. The number of aromatic nitrogens is 1. The van der Waals surface area contributed by atoms with Crippen molar-refractivity contribution in [2.75, 3.05) is 14.2 Å². The fourth-order valence-electron chi connectivity index (χ4n) is 4.11. The third-order valence-corrected chi connectivity index (χ3v) is 5.56. The number of nitrogens with zero attached hydrogens (tertiary/aromatic N) is 2. The summed E-state index contributed by atoms with van der Waals surface area (Å²) in [7, 11) is 3.85. The van der Waals surface area contributed by atoms with Crippen LogP contribution < -0.4 is 4.74 Å². The number of para-hydroxylation sites is 1. The highest BCUT2D eigenvalue weighted by Crippen LogP contribution is 2.41. The normalized spacial score (nSPS) is 15.9. The van der Waals surface area contributed by atoms with E-state index in [4.69, 9.17) is 4.74 Å². The minimum Gasteiger partial charge on any atom is -0.497 e. The van der Waals surface area contributed by atoms with Gasteiger partial charge >= 0.3 is 0 Å². The molecule has 0 bridgehead atoms. The second kappa shape index (κ2) is 5.87. The molecule has 0 atom stereocenters. The van der Waals surface area contributed by atoms with Gasteiger partial charge < -0.3 is 9.30 Å². The number of hydrogen-bond acceptors (Lipinski definition) is 1. The Bertz CT molecular complexity index is 1070. The highest BCUT2D eigenvalue weighted by molar-refractivity contribution is 6.05. The molecule has 2 heterocycles. The summed E-state index contributed by atoms with van der Waals surface area (Å²) in [5.41, 5.74) is 6.24. The van der Waals surface area contributed by atoms with E-state index in [2.05, 4.69) is 91.7 Å². The third-order valence-electron chi connectivity index (χ3n) is 5.56. The van der Waals surface area contributed by atoms with Crippen LogP contribution in [-0.2, 0) is 5.41 Å². The van der Waals surface area contributed by atoms with E-state index in [1.807, 2.05) is 6.07 Å². The zero-order chi connectivity index (χ0) is 18.5. The number of fused-ring (bicyclic) bond motifs is 2. The maximum atomic E-state index is 5.42. The van der Waals surface area contributed by atoms with Crippen molar-refractivity contribution in [1.29, 1.82) is 0 Å². The molecule has 4 rings (SSSR count). The molecule has 0 fully saturated rings. The molecule has 0 saturated carbocycles. The maximum Gasteiger partial charge on any atom is 0.213 e. The van der Waals surface area contributed by atoms with Crippen molar-refractivity contribution >= 4 is 28.5 Å². The number of ether oxygens (including phenoxy) is 1. The minimum atomic E-state index is -0.0519. The zero-order valence-electron chi connectivity index (χ0n) is 16.1. The molecule has 0 spiro atoms. The van der Waals surface area contributed by atoms with Crippen LogP contribution in [0.3, 0.4) is 0 Å². The molecule has 0 saturated heterocycles. The van der Waals surface area contributed by atoms with Gasteiger partial charge in [0.2, 0.25) is 5.69 Å². The summed E-state index contributed by atoms with van der Waals surface area (Å²) in [5.74, 6) is 0.892. The lowest BCUT2D eigenvalue weighted by Crippen LogP contribution is -2.26. The Hall–Kier alpha value is -2.81. The van der Waals surface area contributed by atoms with Gasteiger partial charge in [-0.3, -0.25) is 0 Å². The second-order valence-corrected chi connectivity index (χ2v) is 7.48. The molecular formula is C23H25N2O+. The van der Waals surface area contributed by atoms with Crippen molar-refractivity contribution < 1.29 is 9.31 Å². The third kappa shape index (κ3) is 2.38. The molecule has 3 heteroatoms. The van der Waals surface area contributed by atoms with Crippen LogP contribution in [0, 0.1) is 6.92 Å². The number of aryl methyl sites for hydroxylation is 1. The Kier molecular flexibility index (Phi) is 3.76. The summed E-state index contributed by atoms with van der Waals surface area (Å²) in [6.45, 7) is 6.71. The number of rotatable bonds is 3. The van der Waals surface area contributed by atoms with E-state index in [1.165, 1.54) is 33.6 Å². The fraction of sp³-hybridized carbons (Fsp3) is 0.261. The van der Waals surface area contributed by atoms with Crippen molar-refractivity contribution in [3.8, 4) is 5.75 Å². The number of allylic oxidation sites excluding steroid dienone is 1. The fourth-order valence-corrected chi connectivity index (χ4v) is 4.11. The van der Waals surface area contributed by atoms with Crippen LogP contribution in [0.1, 0.15) is 25.1 Å². The molecule has 1 aliphatic rings. The van der Waals surface area contributed by atoms with E-state index in [0.717, 1.165) is 5.75 Å². The Morgan fingerprint density at radius 1 is 1.08 bits per heavy atom. The summed E-state index contributed by atoms with van der Waals surface area (Å²) in [4.78, 5) is 0. The molecular weight excluding hydrogens is 320 g/mol. The van der Waals surface area contributed by atoms with Crippen molar-refractivity contribution in [2.45, 2.75) is 26.2 Å². The summed E-state index contributed by atoms with van der Waals surface area (Å²) < 4.78 is 9.95. The standard InChI is InChI=1S/C23H25N2O/c1-16-14-17-8-6-7-9-20(17)25(16)13-12-22-23(2,3)19-11-10-18(26-5)15-21(19)24(22)4/h6-15H,1-5H3/q+1. The van der Waals surface area contributed by atoms with E-state index in [9.17, 15) is 0 Å². The monoisotopic (exact) mass is 345 g/mol. The van der Waals surface area contributed by atoms with Gasteiger partial charge in [0.25, 0.3) is 0 Å². The molecule has 26 heavy (non-hydrogen) atoms. The first kappa shape index (κ1) is 16.6. The quantitative estimate of drug-likeness (QED) is 0.601. The molecule has 0 unspecified atom stereocenters. The summed E-state index contributed by atoms with van der Waals surface area (Å²) in [5, 5.41) is 1.27. The van der Waals surface area contributed by atoms with Crippen molar-refractivity contribution in [3.05, 3.63) is 65.9 Å². The number of methoxy groups -OCH3 is 1. The van der Waals surface area contributed by atoms with Crippen LogP contribution in [0.5, 0.6) is 5.75 Å². The van der Waals surface area contributed by atoms with E-state index in [-0.39, 0.29) is 5.41 Å². The van der Waals surface area contributed by atoms with Crippen LogP contribution in [0.2, 0.25) is 0 Å². The Morgan fingerprint density at radius 2 is 1.85 bits per heavy atom. The highest BCUT2D eigenvalue weighted by Gasteiger charge is 2.43. The first-order chi connectivity index (χ1) is 12.4. The SMILES string of the molecule is COc1ccc2c(c1)[N+](C)=C(C=Cn1c(C)cc3ccccc31)C2(C)C. The van der Waals surface area contributed by atoms with Gasteiger partial charge in [0, 0.05) is 28.9 Å². The largest absolute Gasteiger partial charge is 0.497 e. The van der Waals surface area contributed by atoms with Gasteiger partial charge in [-0.25, -0.2) is 0 Å². The van der Waals surface area contributed by atoms with E-state index >= 15 is 0 Å². The number of benzene rings is 2. The van der Waals surface area contributed by atoms with Crippen molar-refractivity contribution in [3.63, 3.8) is 0 Å². The predicted molar refractivity (Wildman–Crippen MR) is 109 cm³/mol. The first-order valence-corrected chi connectivity index (χ1v) is 8.98. The first-order valence-electron chi connectivity index (χ1n) is 8.98. The molecule has 0 radical (unpaired) electrons. The summed E-state index contributed by atoms with van der Waals surface area (Å²) in [6, 6.07) is 17.1. The molecule has 3 nitrogen and oxygen atoms in total. The van der Waals surface area contributed by atoms with Gasteiger partial charge in [-0.15, -0.1) is 0 Å². The topological polar surface area (TPSA) is 17.2 Å². The van der Waals surface area contributed by atoms with Crippen molar-refractivity contribution in [1.82, 2.24) is 4.57 Å². The number of hydrogen-bond donors (Lipinski definition) is 0. The van der Waals surface area contributed by atoms with E-state index < -0.39 is 0 Å². The predicted octanol–water partition coefficient (Wildman–Crippen LogP) is 5.14. The minimum absolute atomic E-state index is 0.0519. The molecule has 0 N–H and O–H groups in total. The van der Waals surface area contributed by atoms with Gasteiger partial charge in [-0.05, 0) is 45.0 Å². The lowest BCUT2D eigenvalue weighted by atomic mass is 9.81. The Labute approximate surface area is 154 Å². The van der Waals surface area contributed by atoms with Crippen LogP contribution in [0.25, 0.3) is 17.1 Å². The van der Waals surface area contributed by atoms with Crippen LogP contribution >= 0.6 is 0 Å². The zero-order valence-corrected chi connectivity index (χ0v) is 16.1. The van der Waals surface area contributed by atoms with Gasteiger partial charge in [0.05, 0.1) is 24.1 Å². The molecule has 0 amide bonds. The Balaban J connectivity index is 1.81. The van der Waals surface area contributed by atoms with Crippen LogP contribution in [-0.4, -0.2) is 29.0 Å². The molecule has 132 valence electrons. The van der Waals surface area contributed by atoms with Gasteiger partial charge in [0.15, 0.2) is 5.71 Å². The van der Waals surface area contributed by atoms with Crippen LogP contribution in [0.15, 0.2) is 54.6 Å². The molecule has 2 aromatic carbocycles. The average molecular weight is 345 g/mol. The van der Waals surface area contributed by atoms with Crippen LogP contribution in [0.4, 0.5) is 5.69 Å². The molecule has 1 aromatic heterocycles. The van der Waals surface area contributed by atoms with E-state index in [0.29, 0.717) is 0 Å². The molecule has 3 aromatic rings. The average Bonchev–Trinajstić information content (AvgIpc) is 3.05. The Morgan fingerprint density at radius 3 is 2.62 bits per heavy atom. The lowest BCUT2D eigenvalue weighted by Gasteiger charge is -2.15. The van der Waals surface area contributed by atoms with E-state index in [1.54, 1.807) is 7.11 Å². The lowest BCUT2D eigenvalue weighted by molar-refractivity contribution is -0.401. The second-order valence-electron chi connectivity index (χ2n) is 7.48. The highest BCUT2D eigenvalue weighted by atomic mass is 16.5. The molecule has 1 aliphatic heterocycles. The summed E-state index contributed by atoms with van der Waals surface area (Å²) >= 11 is 0.